The highest BCUT2D eigenvalue weighted by Crippen LogP contribution is 2.14. The fourth-order valence-electron chi connectivity index (χ4n) is 2.29. The van der Waals surface area contributed by atoms with E-state index in [1.807, 2.05) is 30.3 Å². The zero-order chi connectivity index (χ0) is 17.4. The van der Waals surface area contributed by atoms with Gasteiger partial charge >= 0.3 is 6.03 Å². The van der Waals surface area contributed by atoms with Gasteiger partial charge in [0, 0.05) is 38.8 Å². The Bertz CT molecular complexity index is 710. The van der Waals surface area contributed by atoms with Gasteiger partial charge in [0.2, 0.25) is 0 Å². The lowest BCUT2D eigenvalue weighted by Gasteiger charge is -2.11. The van der Waals surface area contributed by atoms with Gasteiger partial charge in [-0.05, 0) is 25.3 Å². The molecule has 2 rings (SSSR count). The fraction of sp³-hybridized carbons (Fsp3) is 0.389. The summed E-state index contributed by atoms with van der Waals surface area (Å²) in [7, 11) is 3.43. The summed E-state index contributed by atoms with van der Waals surface area (Å²) in [5, 5.41) is 7.27. The molecule has 0 fully saturated rings. The Morgan fingerprint density at radius 1 is 1.08 bits per heavy atom. The van der Waals surface area contributed by atoms with Gasteiger partial charge < -0.3 is 10.2 Å². The van der Waals surface area contributed by atoms with Gasteiger partial charge in [-0.15, -0.1) is 0 Å². The van der Waals surface area contributed by atoms with E-state index in [1.165, 1.54) is 9.58 Å². The Labute approximate surface area is 142 Å². The predicted molar refractivity (Wildman–Crippen MR) is 94.9 cm³/mol. The topological polar surface area (TPSA) is 67.2 Å². The monoisotopic (exact) mass is 328 g/mol. The van der Waals surface area contributed by atoms with Gasteiger partial charge in [0.15, 0.2) is 0 Å². The van der Waals surface area contributed by atoms with Crippen LogP contribution in [0.4, 0.5) is 4.79 Å². The molecule has 0 saturated heterocycles. The number of carbonyl (C=O) groups is 1. The number of hydrogen-bond donors (Lipinski definition) is 1. The molecule has 6 heteroatoms. The Morgan fingerprint density at radius 2 is 1.83 bits per heavy atom. The van der Waals surface area contributed by atoms with Crippen LogP contribution in [0.2, 0.25) is 0 Å². The van der Waals surface area contributed by atoms with E-state index in [1.54, 1.807) is 26.2 Å². The standard InChI is InChI=1S/C18H24N4O2/c1-21(2)18(24)19-13-7-4-8-14-22-17(23)12-11-16(20-22)15-9-5-3-6-10-15/h3,5-6,9-12H,4,7-8,13-14H2,1-2H3,(H,19,24). The van der Waals surface area contributed by atoms with Crippen LogP contribution in [0.15, 0.2) is 47.3 Å². The molecule has 0 saturated carbocycles. The number of hydrogen-bond acceptors (Lipinski definition) is 3. The van der Waals surface area contributed by atoms with Crippen LogP contribution in [-0.4, -0.2) is 41.4 Å². The lowest BCUT2D eigenvalue weighted by atomic mass is 10.1. The number of unbranched alkanes of at least 4 members (excludes halogenated alkanes) is 2. The lowest BCUT2D eigenvalue weighted by Crippen LogP contribution is -2.34. The number of aromatic nitrogens is 2. The first-order valence-electron chi connectivity index (χ1n) is 8.16. The van der Waals surface area contributed by atoms with Crippen molar-refractivity contribution in [2.24, 2.45) is 0 Å². The highest BCUT2D eigenvalue weighted by atomic mass is 16.2. The third-order valence-corrected chi connectivity index (χ3v) is 3.67. The highest BCUT2D eigenvalue weighted by Gasteiger charge is 2.04. The fourth-order valence-corrected chi connectivity index (χ4v) is 2.29. The van der Waals surface area contributed by atoms with E-state index < -0.39 is 0 Å². The predicted octanol–water partition coefficient (Wildman–Crippen LogP) is 2.35. The zero-order valence-electron chi connectivity index (χ0n) is 14.2. The first kappa shape index (κ1) is 17.7. The average Bonchev–Trinajstić information content (AvgIpc) is 2.59. The van der Waals surface area contributed by atoms with Crippen molar-refractivity contribution in [3.8, 4) is 11.3 Å². The number of nitrogens with one attached hydrogen (secondary N) is 1. The van der Waals surface area contributed by atoms with Gasteiger partial charge in [0.1, 0.15) is 0 Å². The molecule has 0 unspecified atom stereocenters. The molecular weight excluding hydrogens is 304 g/mol. The van der Waals surface area contributed by atoms with E-state index in [-0.39, 0.29) is 11.6 Å². The molecule has 0 aliphatic carbocycles. The van der Waals surface area contributed by atoms with Gasteiger partial charge in [-0.2, -0.15) is 5.10 Å². The molecule has 0 radical (unpaired) electrons. The lowest BCUT2D eigenvalue weighted by molar-refractivity contribution is 0.217. The van der Waals surface area contributed by atoms with Crippen LogP contribution in [0.3, 0.4) is 0 Å². The molecule has 0 bridgehead atoms. The van der Waals surface area contributed by atoms with Crippen LogP contribution >= 0.6 is 0 Å². The van der Waals surface area contributed by atoms with Crippen LogP contribution in [0.5, 0.6) is 0 Å². The number of carbonyl (C=O) groups excluding carboxylic acids is 1. The molecule has 128 valence electrons. The molecule has 1 heterocycles. The molecule has 2 aromatic rings. The summed E-state index contributed by atoms with van der Waals surface area (Å²) in [6.45, 7) is 1.23. The van der Waals surface area contributed by atoms with Crippen molar-refractivity contribution in [2.45, 2.75) is 25.8 Å². The van der Waals surface area contributed by atoms with Gasteiger partial charge in [-0.1, -0.05) is 30.3 Å². The minimum Gasteiger partial charge on any atom is -0.338 e. The molecule has 1 aromatic carbocycles. The van der Waals surface area contributed by atoms with Crippen molar-refractivity contribution in [3.63, 3.8) is 0 Å². The van der Waals surface area contributed by atoms with E-state index in [0.29, 0.717) is 13.1 Å². The van der Waals surface area contributed by atoms with Crippen LogP contribution in [0.25, 0.3) is 11.3 Å². The molecule has 2 amide bonds. The Morgan fingerprint density at radius 3 is 2.54 bits per heavy atom. The van der Waals surface area contributed by atoms with E-state index in [0.717, 1.165) is 30.5 Å². The maximum absolute atomic E-state index is 11.9. The van der Waals surface area contributed by atoms with E-state index in [2.05, 4.69) is 10.4 Å². The molecule has 0 spiro atoms. The van der Waals surface area contributed by atoms with Crippen molar-refractivity contribution >= 4 is 6.03 Å². The maximum Gasteiger partial charge on any atom is 0.316 e. The molecule has 1 N–H and O–H groups in total. The summed E-state index contributed by atoms with van der Waals surface area (Å²) in [6, 6.07) is 13.0. The van der Waals surface area contributed by atoms with Gasteiger partial charge in [0.25, 0.3) is 5.56 Å². The smallest absolute Gasteiger partial charge is 0.316 e. The van der Waals surface area contributed by atoms with Crippen LogP contribution in [0.1, 0.15) is 19.3 Å². The summed E-state index contributed by atoms with van der Waals surface area (Å²) >= 11 is 0. The number of nitrogens with zero attached hydrogens (tertiary/aromatic N) is 3. The van der Waals surface area contributed by atoms with E-state index >= 15 is 0 Å². The quantitative estimate of drug-likeness (QED) is 0.793. The Hall–Kier alpha value is -2.63. The first-order chi connectivity index (χ1) is 11.6. The summed E-state index contributed by atoms with van der Waals surface area (Å²) in [5.41, 5.74) is 1.71. The van der Waals surface area contributed by atoms with Gasteiger partial charge in [0.05, 0.1) is 5.69 Å². The Kier molecular flexibility index (Phi) is 6.54. The van der Waals surface area contributed by atoms with Crippen molar-refractivity contribution in [1.82, 2.24) is 20.0 Å². The van der Waals surface area contributed by atoms with E-state index in [9.17, 15) is 9.59 Å². The second-order valence-corrected chi connectivity index (χ2v) is 5.83. The number of rotatable bonds is 7. The third-order valence-electron chi connectivity index (χ3n) is 3.67. The van der Waals surface area contributed by atoms with Crippen molar-refractivity contribution in [3.05, 3.63) is 52.8 Å². The average molecular weight is 328 g/mol. The van der Waals surface area contributed by atoms with Crippen molar-refractivity contribution in [2.75, 3.05) is 20.6 Å². The van der Waals surface area contributed by atoms with Crippen LogP contribution in [-0.2, 0) is 6.54 Å². The molecule has 6 nitrogen and oxygen atoms in total. The van der Waals surface area contributed by atoms with Gasteiger partial charge in [-0.25, -0.2) is 9.48 Å². The minimum atomic E-state index is -0.0874. The van der Waals surface area contributed by atoms with E-state index in [4.69, 9.17) is 0 Å². The summed E-state index contributed by atoms with van der Waals surface area (Å²) in [5.74, 6) is 0. The second kappa shape index (κ2) is 8.86. The molecule has 24 heavy (non-hydrogen) atoms. The third kappa shape index (κ3) is 5.22. The molecule has 0 aliphatic rings. The normalized spacial score (nSPS) is 10.4. The largest absolute Gasteiger partial charge is 0.338 e. The number of benzene rings is 1. The zero-order valence-corrected chi connectivity index (χ0v) is 14.2. The van der Waals surface area contributed by atoms with Crippen molar-refractivity contribution in [1.29, 1.82) is 0 Å². The van der Waals surface area contributed by atoms with Crippen molar-refractivity contribution < 1.29 is 4.79 Å². The summed E-state index contributed by atoms with van der Waals surface area (Å²) in [6.07, 6.45) is 2.66. The number of urea groups is 1. The van der Waals surface area contributed by atoms with Crippen LogP contribution < -0.4 is 10.9 Å². The summed E-state index contributed by atoms with van der Waals surface area (Å²) < 4.78 is 1.51. The maximum atomic E-state index is 11.9. The second-order valence-electron chi connectivity index (χ2n) is 5.83. The molecule has 0 atom stereocenters. The first-order valence-corrected chi connectivity index (χ1v) is 8.16. The summed E-state index contributed by atoms with van der Waals surface area (Å²) in [4.78, 5) is 24.8. The molecular formula is C18H24N4O2. The Balaban J connectivity index is 1.83. The molecule has 0 aliphatic heterocycles. The van der Waals surface area contributed by atoms with Gasteiger partial charge in [-0.3, -0.25) is 4.79 Å². The van der Waals surface area contributed by atoms with Crippen LogP contribution in [0, 0.1) is 0 Å². The highest BCUT2D eigenvalue weighted by molar-refractivity contribution is 5.73. The number of aryl methyl sites for hydroxylation is 1. The SMILES string of the molecule is CN(C)C(=O)NCCCCCn1nc(-c2ccccc2)ccc1=O. The minimum absolute atomic E-state index is 0.0801. The number of amides is 2. The molecule has 1 aromatic heterocycles.